The summed E-state index contributed by atoms with van der Waals surface area (Å²) < 4.78 is 31.4. The molecule has 4 nitrogen and oxygen atoms in total. The van der Waals surface area contributed by atoms with Crippen molar-refractivity contribution in [3.8, 4) is 11.3 Å². The Labute approximate surface area is 101 Å². The Bertz CT molecular complexity index is 602. The Morgan fingerprint density at radius 3 is 2.72 bits per heavy atom. The lowest BCUT2D eigenvalue weighted by atomic mass is 10.1. The second-order valence-corrected chi connectivity index (χ2v) is 3.39. The van der Waals surface area contributed by atoms with Gasteiger partial charge in [0.1, 0.15) is 17.8 Å². The minimum atomic E-state index is -0.935. The van der Waals surface area contributed by atoms with E-state index in [1.807, 2.05) is 0 Å². The van der Waals surface area contributed by atoms with Gasteiger partial charge in [-0.3, -0.25) is 0 Å². The van der Waals surface area contributed by atoms with Gasteiger partial charge in [-0.25, -0.2) is 23.5 Å². The summed E-state index contributed by atoms with van der Waals surface area (Å²) in [6.45, 7) is 0. The molecule has 0 bridgehead atoms. The quantitative estimate of drug-likeness (QED) is 0.767. The zero-order valence-electron chi connectivity index (χ0n) is 9.35. The van der Waals surface area contributed by atoms with Gasteiger partial charge in [-0.15, -0.1) is 0 Å². The SMILES string of the molecule is COC(=O)c1ncnc(-c2cccc(F)c2)c1F. The second kappa shape index (κ2) is 4.87. The number of rotatable bonds is 2. The number of carbonyl (C=O) groups is 1. The van der Waals surface area contributed by atoms with E-state index in [1.165, 1.54) is 18.2 Å². The molecule has 1 heterocycles. The van der Waals surface area contributed by atoms with Crippen molar-refractivity contribution in [2.75, 3.05) is 7.11 Å². The van der Waals surface area contributed by atoms with Crippen LogP contribution in [0.15, 0.2) is 30.6 Å². The highest BCUT2D eigenvalue weighted by Gasteiger charge is 2.19. The number of nitrogens with zero attached hydrogens (tertiary/aromatic N) is 2. The number of hydrogen-bond donors (Lipinski definition) is 0. The predicted octanol–water partition coefficient (Wildman–Crippen LogP) is 2.21. The number of hydrogen-bond acceptors (Lipinski definition) is 4. The zero-order valence-corrected chi connectivity index (χ0v) is 9.35. The maximum Gasteiger partial charge on any atom is 0.359 e. The number of methoxy groups -OCH3 is 1. The normalized spacial score (nSPS) is 10.2. The summed E-state index contributed by atoms with van der Waals surface area (Å²) in [5.41, 5.74) is -0.406. The molecule has 0 spiro atoms. The summed E-state index contributed by atoms with van der Waals surface area (Å²) in [6, 6.07) is 5.25. The number of halogens is 2. The molecule has 1 aromatic heterocycles. The molecular formula is C12H8F2N2O2. The van der Waals surface area contributed by atoms with Crippen LogP contribution in [0.25, 0.3) is 11.3 Å². The number of aromatic nitrogens is 2. The van der Waals surface area contributed by atoms with Crippen molar-refractivity contribution in [1.82, 2.24) is 9.97 Å². The molecule has 0 aliphatic carbocycles. The summed E-state index contributed by atoms with van der Waals surface area (Å²) >= 11 is 0. The van der Waals surface area contributed by atoms with Gasteiger partial charge in [-0.05, 0) is 12.1 Å². The van der Waals surface area contributed by atoms with Crippen LogP contribution in [0.4, 0.5) is 8.78 Å². The highest BCUT2D eigenvalue weighted by Crippen LogP contribution is 2.22. The molecule has 0 N–H and O–H groups in total. The van der Waals surface area contributed by atoms with Crippen molar-refractivity contribution in [1.29, 1.82) is 0 Å². The van der Waals surface area contributed by atoms with E-state index in [1.54, 1.807) is 0 Å². The molecule has 0 atom stereocenters. The van der Waals surface area contributed by atoms with E-state index in [4.69, 9.17) is 0 Å². The summed E-state index contributed by atoms with van der Waals surface area (Å²) in [5, 5.41) is 0. The molecular weight excluding hydrogens is 242 g/mol. The monoisotopic (exact) mass is 250 g/mol. The van der Waals surface area contributed by atoms with Crippen LogP contribution in [0, 0.1) is 11.6 Å². The molecule has 6 heteroatoms. The van der Waals surface area contributed by atoms with Gasteiger partial charge in [0.05, 0.1) is 7.11 Å². The Hall–Kier alpha value is -2.37. The minimum absolute atomic E-state index is 0.148. The fraction of sp³-hybridized carbons (Fsp3) is 0.0833. The lowest BCUT2D eigenvalue weighted by Crippen LogP contribution is -2.09. The van der Waals surface area contributed by atoms with E-state index in [0.717, 1.165) is 19.5 Å². The van der Waals surface area contributed by atoms with Gasteiger partial charge < -0.3 is 4.74 Å². The van der Waals surface area contributed by atoms with E-state index in [2.05, 4.69) is 14.7 Å². The van der Waals surface area contributed by atoms with Crippen molar-refractivity contribution in [2.24, 2.45) is 0 Å². The summed E-state index contributed by atoms with van der Waals surface area (Å²) in [7, 11) is 1.12. The molecule has 2 rings (SSSR count). The lowest BCUT2D eigenvalue weighted by Gasteiger charge is -2.05. The first kappa shape index (κ1) is 12.1. The summed E-state index contributed by atoms with van der Waals surface area (Å²) in [4.78, 5) is 18.5. The first-order chi connectivity index (χ1) is 8.63. The van der Waals surface area contributed by atoms with Crippen LogP contribution < -0.4 is 0 Å². The molecule has 92 valence electrons. The van der Waals surface area contributed by atoms with Gasteiger partial charge in [-0.2, -0.15) is 0 Å². The average Bonchev–Trinajstić information content (AvgIpc) is 2.38. The molecule has 2 aromatic rings. The Kier molecular flexibility index (Phi) is 3.27. The fourth-order valence-corrected chi connectivity index (χ4v) is 1.45. The van der Waals surface area contributed by atoms with E-state index in [0.29, 0.717) is 0 Å². The van der Waals surface area contributed by atoms with Gasteiger partial charge in [0.25, 0.3) is 0 Å². The number of esters is 1. The van der Waals surface area contributed by atoms with E-state index >= 15 is 0 Å². The molecule has 0 unspecified atom stereocenters. The van der Waals surface area contributed by atoms with Gasteiger partial charge in [-0.1, -0.05) is 12.1 Å². The Balaban J connectivity index is 2.56. The lowest BCUT2D eigenvalue weighted by molar-refractivity contribution is 0.0588. The molecule has 1 aromatic carbocycles. The van der Waals surface area contributed by atoms with Crippen molar-refractivity contribution >= 4 is 5.97 Å². The fourth-order valence-electron chi connectivity index (χ4n) is 1.45. The Morgan fingerprint density at radius 1 is 1.28 bits per heavy atom. The molecule has 0 saturated carbocycles. The summed E-state index contributed by atoms with van der Waals surface area (Å²) in [6.07, 6.45) is 1.02. The predicted molar refractivity (Wildman–Crippen MR) is 58.7 cm³/mol. The van der Waals surface area contributed by atoms with Crippen molar-refractivity contribution in [2.45, 2.75) is 0 Å². The van der Waals surface area contributed by atoms with Gasteiger partial charge in [0.2, 0.25) is 0 Å². The van der Waals surface area contributed by atoms with Crippen LogP contribution in [0.1, 0.15) is 10.5 Å². The largest absolute Gasteiger partial charge is 0.464 e. The molecule has 0 amide bonds. The molecule has 0 radical (unpaired) electrons. The first-order valence-electron chi connectivity index (χ1n) is 4.98. The maximum atomic E-state index is 14.0. The van der Waals surface area contributed by atoms with Crippen LogP contribution in [-0.2, 0) is 4.74 Å². The molecule has 0 saturated heterocycles. The van der Waals surface area contributed by atoms with E-state index in [-0.39, 0.29) is 11.3 Å². The van der Waals surface area contributed by atoms with Crippen molar-refractivity contribution in [3.63, 3.8) is 0 Å². The standard InChI is InChI=1S/C12H8F2N2O2/c1-18-12(17)11-9(14)10(15-6-16-11)7-3-2-4-8(13)5-7/h2-6H,1H3. The molecule has 0 aliphatic rings. The number of ether oxygens (including phenoxy) is 1. The zero-order chi connectivity index (χ0) is 13.1. The topological polar surface area (TPSA) is 52.1 Å². The van der Waals surface area contributed by atoms with Crippen LogP contribution in [0.5, 0.6) is 0 Å². The van der Waals surface area contributed by atoms with Gasteiger partial charge >= 0.3 is 5.97 Å². The Morgan fingerprint density at radius 2 is 2.06 bits per heavy atom. The van der Waals surface area contributed by atoms with Crippen LogP contribution >= 0.6 is 0 Å². The minimum Gasteiger partial charge on any atom is -0.464 e. The molecule has 18 heavy (non-hydrogen) atoms. The second-order valence-electron chi connectivity index (χ2n) is 3.39. The van der Waals surface area contributed by atoms with E-state index in [9.17, 15) is 13.6 Å². The third-order valence-corrected chi connectivity index (χ3v) is 2.27. The number of carbonyl (C=O) groups excluding carboxylic acids is 1. The number of benzene rings is 1. The maximum absolute atomic E-state index is 14.0. The smallest absolute Gasteiger partial charge is 0.359 e. The average molecular weight is 250 g/mol. The molecule has 0 aliphatic heterocycles. The van der Waals surface area contributed by atoms with Gasteiger partial charge in [0, 0.05) is 5.56 Å². The highest BCUT2D eigenvalue weighted by molar-refractivity contribution is 5.88. The van der Waals surface area contributed by atoms with E-state index < -0.39 is 23.3 Å². The third kappa shape index (κ3) is 2.17. The van der Waals surface area contributed by atoms with Crippen LogP contribution in [-0.4, -0.2) is 23.0 Å². The first-order valence-corrected chi connectivity index (χ1v) is 4.98. The highest BCUT2D eigenvalue weighted by atomic mass is 19.1. The molecule has 0 fully saturated rings. The van der Waals surface area contributed by atoms with Crippen LogP contribution in [0.3, 0.4) is 0 Å². The van der Waals surface area contributed by atoms with Crippen LogP contribution in [0.2, 0.25) is 0 Å². The summed E-state index contributed by atoms with van der Waals surface area (Å²) in [5.74, 6) is -2.37. The van der Waals surface area contributed by atoms with Crippen molar-refractivity contribution in [3.05, 3.63) is 47.9 Å². The van der Waals surface area contributed by atoms with Gasteiger partial charge in [0.15, 0.2) is 11.5 Å². The third-order valence-electron chi connectivity index (χ3n) is 2.27. The van der Waals surface area contributed by atoms with Crippen molar-refractivity contribution < 1.29 is 18.3 Å².